The summed E-state index contributed by atoms with van der Waals surface area (Å²) in [5, 5.41) is 4.36. The molecule has 2 rings (SSSR count). The second-order valence-corrected chi connectivity index (χ2v) is 4.88. The molecule has 2 aromatic heterocycles. The second-order valence-electron chi connectivity index (χ2n) is 3.69. The minimum absolute atomic E-state index is 0.237. The van der Waals surface area contributed by atoms with E-state index in [1.54, 1.807) is 10.9 Å². The molecule has 2 heterocycles. The van der Waals surface area contributed by atoms with Crippen molar-refractivity contribution >= 4 is 33.3 Å². The van der Waals surface area contributed by atoms with Crippen LogP contribution in [0.1, 0.15) is 5.56 Å². The number of aromatic nitrogens is 4. The number of halogens is 2. The quantitative estimate of drug-likeness (QED) is 0.815. The average molecular weight is 317 g/mol. The van der Waals surface area contributed by atoms with Gasteiger partial charge in [0.15, 0.2) is 0 Å². The van der Waals surface area contributed by atoms with Crippen LogP contribution in [-0.2, 0) is 13.6 Å². The lowest BCUT2D eigenvalue weighted by Crippen LogP contribution is -2.18. The van der Waals surface area contributed by atoms with Crippen LogP contribution < -0.4 is 4.90 Å². The van der Waals surface area contributed by atoms with E-state index in [0.29, 0.717) is 6.54 Å². The molecule has 0 aliphatic carbocycles. The maximum Gasteiger partial charge on any atom is 0.224 e. The SMILES string of the molecule is CN(Cc1cnn(C)c1)c1nc(Cl)ncc1Br. The summed E-state index contributed by atoms with van der Waals surface area (Å²) in [6, 6.07) is 0. The number of rotatable bonds is 3. The Hall–Kier alpha value is -1.14. The molecule has 0 aliphatic rings. The highest BCUT2D eigenvalue weighted by molar-refractivity contribution is 9.10. The summed E-state index contributed by atoms with van der Waals surface area (Å²) in [7, 11) is 3.83. The molecule has 0 unspecified atom stereocenters. The highest BCUT2D eigenvalue weighted by Gasteiger charge is 2.10. The summed E-state index contributed by atoms with van der Waals surface area (Å²) >= 11 is 9.19. The maximum absolute atomic E-state index is 5.78. The van der Waals surface area contributed by atoms with Gasteiger partial charge in [-0.15, -0.1) is 0 Å². The second kappa shape index (κ2) is 5.01. The standard InChI is InChI=1S/C10H11BrClN5/c1-16(5-7-3-14-17(2)6-7)9-8(11)4-13-10(12)15-9/h3-4,6H,5H2,1-2H3. The Morgan fingerprint density at radius 2 is 2.24 bits per heavy atom. The molecule has 0 spiro atoms. The Bertz CT molecular complexity index is 527. The first-order valence-corrected chi connectivity index (χ1v) is 6.10. The highest BCUT2D eigenvalue weighted by atomic mass is 79.9. The smallest absolute Gasteiger partial charge is 0.224 e. The van der Waals surface area contributed by atoms with Crippen LogP contribution in [0.2, 0.25) is 5.28 Å². The molecule has 0 aromatic carbocycles. The fraction of sp³-hybridized carbons (Fsp3) is 0.300. The van der Waals surface area contributed by atoms with Crippen molar-refractivity contribution in [3.8, 4) is 0 Å². The van der Waals surface area contributed by atoms with Crippen LogP contribution in [0.4, 0.5) is 5.82 Å². The molecule has 0 fully saturated rings. The lowest BCUT2D eigenvalue weighted by molar-refractivity contribution is 0.766. The molecule has 0 radical (unpaired) electrons. The summed E-state index contributed by atoms with van der Waals surface area (Å²) in [5.41, 5.74) is 1.11. The number of aryl methyl sites for hydroxylation is 1. The molecule has 0 bridgehead atoms. The van der Waals surface area contributed by atoms with Crippen LogP contribution in [0, 0.1) is 0 Å². The van der Waals surface area contributed by atoms with Gasteiger partial charge in [-0.1, -0.05) is 0 Å². The molecule has 0 N–H and O–H groups in total. The normalized spacial score (nSPS) is 10.6. The van der Waals surface area contributed by atoms with Crippen LogP contribution in [0.15, 0.2) is 23.1 Å². The maximum atomic E-state index is 5.78. The van der Waals surface area contributed by atoms with Crippen molar-refractivity contribution in [2.45, 2.75) is 6.54 Å². The van der Waals surface area contributed by atoms with Gasteiger partial charge in [-0.25, -0.2) is 4.98 Å². The number of nitrogens with zero attached hydrogens (tertiary/aromatic N) is 5. The minimum Gasteiger partial charge on any atom is -0.354 e. The fourth-order valence-electron chi connectivity index (χ4n) is 1.51. The first-order valence-electron chi connectivity index (χ1n) is 4.93. The van der Waals surface area contributed by atoms with Crippen LogP contribution in [0.5, 0.6) is 0 Å². The van der Waals surface area contributed by atoms with Gasteiger partial charge in [-0.2, -0.15) is 10.1 Å². The summed E-state index contributed by atoms with van der Waals surface area (Å²) in [5.74, 6) is 0.758. The van der Waals surface area contributed by atoms with Gasteiger partial charge >= 0.3 is 0 Å². The van der Waals surface area contributed by atoms with E-state index in [0.717, 1.165) is 15.9 Å². The van der Waals surface area contributed by atoms with E-state index in [2.05, 4.69) is 31.0 Å². The van der Waals surface area contributed by atoms with Crippen molar-refractivity contribution in [1.82, 2.24) is 19.7 Å². The Kier molecular flexibility index (Phi) is 3.63. The van der Waals surface area contributed by atoms with Crippen molar-refractivity contribution in [3.05, 3.63) is 33.9 Å². The molecule has 90 valence electrons. The largest absolute Gasteiger partial charge is 0.354 e. The zero-order valence-electron chi connectivity index (χ0n) is 9.43. The molecule has 0 amide bonds. The molecule has 0 atom stereocenters. The van der Waals surface area contributed by atoms with Crippen LogP contribution in [0.3, 0.4) is 0 Å². The molecule has 0 saturated carbocycles. The summed E-state index contributed by atoms with van der Waals surface area (Å²) < 4.78 is 2.58. The van der Waals surface area contributed by atoms with Crippen LogP contribution in [-0.4, -0.2) is 26.8 Å². The minimum atomic E-state index is 0.237. The first-order chi connectivity index (χ1) is 8.06. The average Bonchev–Trinajstić information content (AvgIpc) is 2.67. The number of hydrogen-bond acceptors (Lipinski definition) is 4. The molecule has 5 nitrogen and oxygen atoms in total. The van der Waals surface area contributed by atoms with E-state index in [9.17, 15) is 0 Å². The Balaban J connectivity index is 2.19. The topological polar surface area (TPSA) is 46.8 Å². The third-order valence-electron chi connectivity index (χ3n) is 2.24. The zero-order chi connectivity index (χ0) is 12.4. The van der Waals surface area contributed by atoms with Crippen molar-refractivity contribution in [1.29, 1.82) is 0 Å². The zero-order valence-corrected chi connectivity index (χ0v) is 11.8. The number of anilines is 1. The first kappa shape index (κ1) is 12.3. The Morgan fingerprint density at radius 1 is 1.47 bits per heavy atom. The van der Waals surface area contributed by atoms with Gasteiger partial charge in [0.25, 0.3) is 0 Å². The van der Waals surface area contributed by atoms with Crippen LogP contribution >= 0.6 is 27.5 Å². The molecular formula is C10H11BrClN5. The molecule has 7 heteroatoms. The predicted molar refractivity (Wildman–Crippen MR) is 70.1 cm³/mol. The molecule has 0 saturated heterocycles. The van der Waals surface area contributed by atoms with Gasteiger partial charge in [0.1, 0.15) is 5.82 Å². The van der Waals surface area contributed by atoms with Gasteiger partial charge in [0.05, 0.1) is 10.7 Å². The highest BCUT2D eigenvalue weighted by Crippen LogP contribution is 2.24. The van der Waals surface area contributed by atoms with Gasteiger partial charge < -0.3 is 4.90 Å². The molecular weight excluding hydrogens is 306 g/mol. The lowest BCUT2D eigenvalue weighted by Gasteiger charge is -2.18. The van der Waals surface area contributed by atoms with E-state index in [1.807, 2.05) is 31.4 Å². The predicted octanol–water partition coefficient (Wildman–Crippen LogP) is 2.26. The number of hydrogen-bond donors (Lipinski definition) is 0. The summed E-state index contributed by atoms with van der Waals surface area (Å²) in [6.07, 6.45) is 5.44. The summed E-state index contributed by atoms with van der Waals surface area (Å²) in [6.45, 7) is 0.708. The van der Waals surface area contributed by atoms with E-state index >= 15 is 0 Å². The van der Waals surface area contributed by atoms with Gasteiger partial charge in [-0.05, 0) is 27.5 Å². The molecule has 2 aromatic rings. The van der Waals surface area contributed by atoms with Gasteiger partial charge in [-0.3, -0.25) is 4.68 Å². The van der Waals surface area contributed by atoms with E-state index < -0.39 is 0 Å². The third-order valence-corrected chi connectivity index (χ3v) is 2.98. The van der Waals surface area contributed by atoms with Crippen LogP contribution in [0.25, 0.3) is 0 Å². The van der Waals surface area contributed by atoms with Gasteiger partial charge in [0, 0.05) is 38.6 Å². The van der Waals surface area contributed by atoms with E-state index in [-0.39, 0.29) is 5.28 Å². The summed E-state index contributed by atoms with van der Waals surface area (Å²) in [4.78, 5) is 10.1. The molecule has 0 aliphatic heterocycles. The van der Waals surface area contributed by atoms with Crippen molar-refractivity contribution < 1.29 is 0 Å². The van der Waals surface area contributed by atoms with E-state index in [4.69, 9.17) is 11.6 Å². The molecule has 17 heavy (non-hydrogen) atoms. The van der Waals surface area contributed by atoms with E-state index in [1.165, 1.54) is 0 Å². The van der Waals surface area contributed by atoms with Gasteiger partial charge in [0.2, 0.25) is 5.28 Å². The van der Waals surface area contributed by atoms with Crippen molar-refractivity contribution in [3.63, 3.8) is 0 Å². The monoisotopic (exact) mass is 315 g/mol. The van der Waals surface area contributed by atoms with Crippen molar-refractivity contribution in [2.75, 3.05) is 11.9 Å². The van der Waals surface area contributed by atoms with Crippen molar-refractivity contribution in [2.24, 2.45) is 7.05 Å². The third kappa shape index (κ3) is 2.95. The Labute approximate surface area is 113 Å². The fourth-order valence-corrected chi connectivity index (χ4v) is 2.13. The Morgan fingerprint density at radius 3 is 2.88 bits per heavy atom. The lowest BCUT2D eigenvalue weighted by atomic mass is 10.3.